The number of hydrogen-bond donors (Lipinski definition) is 1. The van der Waals surface area contributed by atoms with Crippen molar-refractivity contribution < 1.29 is 4.79 Å². The second kappa shape index (κ2) is 5.45. The van der Waals surface area contributed by atoms with Crippen LogP contribution in [-0.2, 0) is 11.2 Å². The summed E-state index contributed by atoms with van der Waals surface area (Å²) in [6.07, 6.45) is 3.27. The highest BCUT2D eigenvalue weighted by atomic mass is 16.2. The first-order valence-electron chi connectivity index (χ1n) is 8.07. The van der Waals surface area contributed by atoms with E-state index in [1.54, 1.807) is 6.92 Å². The lowest BCUT2D eigenvalue weighted by Crippen LogP contribution is -2.46. The summed E-state index contributed by atoms with van der Waals surface area (Å²) in [7, 11) is 0. The average molecular weight is 286 g/mol. The van der Waals surface area contributed by atoms with Crippen LogP contribution < -0.4 is 5.32 Å². The Morgan fingerprint density at radius 2 is 1.90 bits per heavy atom. The second-order valence-corrected chi connectivity index (χ2v) is 7.24. The number of piperidine rings is 1. The minimum absolute atomic E-state index is 0.208. The van der Waals surface area contributed by atoms with Gasteiger partial charge in [-0.05, 0) is 35.8 Å². The summed E-state index contributed by atoms with van der Waals surface area (Å²) in [5, 5.41) is 3.89. The van der Waals surface area contributed by atoms with Gasteiger partial charge in [0.15, 0.2) is 0 Å². The molecule has 3 nitrogen and oxygen atoms in total. The van der Waals surface area contributed by atoms with E-state index in [0.29, 0.717) is 12.1 Å². The van der Waals surface area contributed by atoms with Gasteiger partial charge in [-0.3, -0.25) is 4.79 Å². The number of amides is 1. The molecule has 114 valence electrons. The molecule has 1 saturated heterocycles. The molecule has 1 heterocycles. The molecule has 1 aromatic rings. The molecule has 1 fully saturated rings. The summed E-state index contributed by atoms with van der Waals surface area (Å²) < 4.78 is 0. The molecular formula is C18H26N2O. The predicted molar refractivity (Wildman–Crippen MR) is 85.1 cm³/mol. The van der Waals surface area contributed by atoms with Gasteiger partial charge >= 0.3 is 0 Å². The fourth-order valence-corrected chi connectivity index (χ4v) is 3.90. The fourth-order valence-electron chi connectivity index (χ4n) is 3.90. The second-order valence-electron chi connectivity index (χ2n) is 7.24. The number of carbonyl (C=O) groups is 1. The van der Waals surface area contributed by atoms with Crippen LogP contribution in [0.2, 0.25) is 0 Å². The molecule has 1 unspecified atom stereocenters. The van der Waals surface area contributed by atoms with Gasteiger partial charge in [-0.15, -0.1) is 0 Å². The fraction of sp³-hybridized carbons (Fsp3) is 0.611. The van der Waals surface area contributed by atoms with E-state index in [1.807, 2.05) is 4.90 Å². The van der Waals surface area contributed by atoms with Crippen LogP contribution in [0.5, 0.6) is 0 Å². The third kappa shape index (κ3) is 2.84. The Kier molecular flexibility index (Phi) is 3.78. The number of hydrogen-bond acceptors (Lipinski definition) is 2. The first-order chi connectivity index (χ1) is 9.97. The van der Waals surface area contributed by atoms with Crippen LogP contribution in [0, 0.1) is 5.41 Å². The molecule has 0 aromatic heterocycles. The van der Waals surface area contributed by atoms with Crippen molar-refractivity contribution in [2.24, 2.45) is 5.41 Å². The number of nitrogens with zero attached hydrogens (tertiary/aromatic N) is 1. The van der Waals surface area contributed by atoms with Crippen molar-refractivity contribution in [1.82, 2.24) is 10.2 Å². The van der Waals surface area contributed by atoms with Crippen molar-refractivity contribution in [3.05, 3.63) is 35.4 Å². The molecule has 1 aliphatic heterocycles. The van der Waals surface area contributed by atoms with Crippen LogP contribution in [0.3, 0.4) is 0 Å². The standard InChI is InChI=1S/C18H26N2O/c1-13(21)20-10-8-15(9-11-20)19-17-16-7-5-4-6-14(16)12-18(17,2)3/h4-7,15,17,19H,8-12H2,1-3H3. The van der Waals surface area contributed by atoms with E-state index in [0.717, 1.165) is 32.4 Å². The monoisotopic (exact) mass is 286 g/mol. The van der Waals surface area contributed by atoms with E-state index in [9.17, 15) is 4.79 Å². The molecule has 3 heteroatoms. The Bertz CT molecular complexity index is 530. The van der Waals surface area contributed by atoms with Crippen LogP contribution in [0.4, 0.5) is 0 Å². The highest BCUT2D eigenvalue weighted by molar-refractivity contribution is 5.73. The third-order valence-electron chi connectivity index (χ3n) is 5.14. The molecule has 1 aliphatic carbocycles. The van der Waals surface area contributed by atoms with Crippen molar-refractivity contribution in [2.75, 3.05) is 13.1 Å². The van der Waals surface area contributed by atoms with Crippen molar-refractivity contribution in [3.63, 3.8) is 0 Å². The Balaban J connectivity index is 1.69. The SMILES string of the molecule is CC(=O)N1CCC(NC2c3ccccc3CC2(C)C)CC1. The highest BCUT2D eigenvalue weighted by Crippen LogP contribution is 2.45. The van der Waals surface area contributed by atoms with Crippen molar-refractivity contribution >= 4 is 5.91 Å². The topological polar surface area (TPSA) is 32.3 Å². The lowest BCUT2D eigenvalue weighted by atomic mass is 9.84. The maximum atomic E-state index is 11.4. The molecule has 21 heavy (non-hydrogen) atoms. The summed E-state index contributed by atoms with van der Waals surface area (Å²) in [5.74, 6) is 0.208. The van der Waals surface area contributed by atoms with Gasteiger partial charge in [-0.2, -0.15) is 0 Å². The van der Waals surface area contributed by atoms with Crippen LogP contribution in [0.25, 0.3) is 0 Å². The van der Waals surface area contributed by atoms with E-state index in [-0.39, 0.29) is 11.3 Å². The van der Waals surface area contributed by atoms with E-state index in [4.69, 9.17) is 0 Å². The molecule has 0 bridgehead atoms. The zero-order chi connectivity index (χ0) is 15.0. The number of fused-ring (bicyclic) bond motifs is 1. The molecule has 2 aliphatic rings. The molecular weight excluding hydrogens is 260 g/mol. The number of rotatable bonds is 2. The maximum absolute atomic E-state index is 11.4. The Morgan fingerprint density at radius 3 is 2.57 bits per heavy atom. The van der Waals surface area contributed by atoms with Crippen LogP contribution >= 0.6 is 0 Å². The largest absolute Gasteiger partial charge is 0.343 e. The normalized spacial score (nSPS) is 24.9. The quantitative estimate of drug-likeness (QED) is 0.906. The van der Waals surface area contributed by atoms with Crippen molar-refractivity contribution in [3.8, 4) is 0 Å². The number of nitrogens with one attached hydrogen (secondary N) is 1. The molecule has 1 aromatic carbocycles. The van der Waals surface area contributed by atoms with Crippen molar-refractivity contribution in [1.29, 1.82) is 0 Å². The van der Waals surface area contributed by atoms with E-state index in [1.165, 1.54) is 11.1 Å². The first-order valence-corrected chi connectivity index (χ1v) is 8.07. The highest BCUT2D eigenvalue weighted by Gasteiger charge is 2.39. The summed E-state index contributed by atoms with van der Waals surface area (Å²) in [5.41, 5.74) is 3.22. The summed E-state index contributed by atoms with van der Waals surface area (Å²) in [6, 6.07) is 9.78. The van der Waals surface area contributed by atoms with Crippen molar-refractivity contribution in [2.45, 2.75) is 52.1 Å². The van der Waals surface area contributed by atoms with Crippen LogP contribution in [0.15, 0.2) is 24.3 Å². The molecule has 3 rings (SSSR count). The molecule has 0 radical (unpaired) electrons. The van der Waals surface area contributed by atoms with Gasteiger partial charge in [0.25, 0.3) is 0 Å². The average Bonchev–Trinajstić information content (AvgIpc) is 2.70. The Labute approximate surface area is 127 Å². The summed E-state index contributed by atoms with van der Waals surface area (Å²) in [6.45, 7) is 8.17. The molecule has 1 amide bonds. The van der Waals surface area contributed by atoms with Gasteiger partial charge in [0, 0.05) is 32.1 Å². The Hall–Kier alpha value is -1.35. The van der Waals surface area contributed by atoms with Gasteiger partial charge in [-0.1, -0.05) is 38.1 Å². The zero-order valence-electron chi connectivity index (χ0n) is 13.4. The lowest BCUT2D eigenvalue weighted by Gasteiger charge is -2.37. The van der Waals surface area contributed by atoms with E-state index < -0.39 is 0 Å². The number of carbonyl (C=O) groups excluding carboxylic acids is 1. The summed E-state index contributed by atoms with van der Waals surface area (Å²) >= 11 is 0. The van der Waals surface area contributed by atoms with Gasteiger partial charge in [-0.25, -0.2) is 0 Å². The smallest absolute Gasteiger partial charge is 0.219 e. The predicted octanol–water partition coefficient (Wildman–Crippen LogP) is 2.91. The minimum atomic E-state index is 0.208. The maximum Gasteiger partial charge on any atom is 0.219 e. The first kappa shape index (κ1) is 14.6. The van der Waals surface area contributed by atoms with Crippen LogP contribution in [-0.4, -0.2) is 29.9 Å². The van der Waals surface area contributed by atoms with Gasteiger partial charge < -0.3 is 10.2 Å². The molecule has 1 N–H and O–H groups in total. The lowest BCUT2D eigenvalue weighted by molar-refractivity contribution is -0.129. The van der Waals surface area contributed by atoms with E-state index in [2.05, 4.69) is 43.4 Å². The molecule has 1 atom stereocenters. The third-order valence-corrected chi connectivity index (χ3v) is 5.14. The Morgan fingerprint density at radius 1 is 1.24 bits per heavy atom. The summed E-state index contributed by atoms with van der Waals surface area (Å²) in [4.78, 5) is 13.4. The number of benzene rings is 1. The van der Waals surface area contributed by atoms with Crippen LogP contribution in [0.1, 0.15) is 50.8 Å². The minimum Gasteiger partial charge on any atom is -0.343 e. The zero-order valence-corrected chi connectivity index (χ0v) is 13.4. The molecule has 0 saturated carbocycles. The number of likely N-dealkylation sites (tertiary alicyclic amines) is 1. The van der Waals surface area contributed by atoms with Gasteiger partial charge in [0.2, 0.25) is 5.91 Å². The van der Waals surface area contributed by atoms with E-state index >= 15 is 0 Å². The van der Waals surface area contributed by atoms with Gasteiger partial charge in [0.05, 0.1) is 0 Å². The van der Waals surface area contributed by atoms with Gasteiger partial charge in [0.1, 0.15) is 0 Å². The molecule has 0 spiro atoms.